The second-order valence-electron chi connectivity index (χ2n) is 4.66. The first-order chi connectivity index (χ1) is 10.1. The lowest BCUT2D eigenvalue weighted by atomic mass is 10.2. The summed E-state index contributed by atoms with van der Waals surface area (Å²) in [5.74, 6) is 1.29. The molecule has 2 aromatic carbocycles. The van der Waals surface area contributed by atoms with E-state index in [2.05, 4.69) is 0 Å². The Labute approximate surface area is 132 Å². The van der Waals surface area contributed by atoms with Crippen LogP contribution in [-0.2, 0) is 16.6 Å². The lowest BCUT2D eigenvalue weighted by molar-refractivity contribution is 0.125. The first kappa shape index (κ1) is 16.0. The summed E-state index contributed by atoms with van der Waals surface area (Å²) in [5.41, 5.74) is 0.939. The normalized spacial score (nSPS) is 13.6. The van der Waals surface area contributed by atoms with Crippen molar-refractivity contribution in [3.8, 4) is 5.75 Å². The van der Waals surface area contributed by atoms with Crippen LogP contribution in [0.4, 0.5) is 0 Å². The van der Waals surface area contributed by atoms with Gasteiger partial charge in [0.2, 0.25) is 0 Å². The Morgan fingerprint density at radius 3 is 2.43 bits per heavy atom. The summed E-state index contributed by atoms with van der Waals surface area (Å²) in [7, 11) is -1.14. The molecule has 5 heteroatoms. The van der Waals surface area contributed by atoms with Gasteiger partial charge in [-0.2, -0.15) is 0 Å². The quantitative estimate of drug-likeness (QED) is 0.851. The molecular weight excluding hydrogens is 308 g/mol. The Bertz CT molecular complexity index is 572. The maximum absolute atomic E-state index is 12.0. The molecule has 0 aliphatic heterocycles. The van der Waals surface area contributed by atoms with E-state index in [0.717, 1.165) is 5.56 Å². The van der Waals surface area contributed by atoms with Crippen molar-refractivity contribution >= 4 is 22.4 Å². The summed E-state index contributed by atoms with van der Waals surface area (Å²) < 4.78 is 17.4. The van der Waals surface area contributed by atoms with Crippen molar-refractivity contribution in [2.24, 2.45) is 0 Å². The van der Waals surface area contributed by atoms with Gasteiger partial charge in [0.1, 0.15) is 12.4 Å². The molecule has 0 spiro atoms. The van der Waals surface area contributed by atoms with Crippen molar-refractivity contribution in [1.29, 1.82) is 0 Å². The van der Waals surface area contributed by atoms with E-state index in [1.807, 2.05) is 42.5 Å². The average Bonchev–Trinajstić information content (AvgIpc) is 2.48. The first-order valence-electron chi connectivity index (χ1n) is 6.59. The maximum Gasteiger partial charge on any atom is 0.119 e. The predicted octanol–water partition coefficient (Wildman–Crippen LogP) is 3.03. The standard InChI is InChI=1S/C16H17ClO3S/c17-14-8-6-13(7-9-14)11-21(19)12-15(18)10-20-16-4-2-1-3-5-16/h1-9,15,18H,10-12H2. The van der Waals surface area contributed by atoms with Gasteiger partial charge in [0, 0.05) is 21.6 Å². The summed E-state index contributed by atoms with van der Waals surface area (Å²) in [6.07, 6.45) is -0.752. The highest BCUT2D eigenvalue weighted by Gasteiger charge is 2.11. The molecule has 0 amide bonds. The zero-order valence-corrected chi connectivity index (χ0v) is 13.0. The molecule has 2 rings (SSSR count). The van der Waals surface area contributed by atoms with Crippen LogP contribution in [0.25, 0.3) is 0 Å². The molecule has 2 atom stereocenters. The van der Waals surface area contributed by atoms with Crippen LogP contribution in [0.5, 0.6) is 5.75 Å². The predicted molar refractivity (Wildman–Crippen MR) is 86.1 cm³/mol. The molecule has 3 nitrogen and oxygen atoms in total. The molecule has 2 aromatic rings. The van der Waals surface area contributed by atoms with Crippen LogP contribution in [0.3, 0.4) is 0 Å². The SMILES string of the molecule is O=S(Cc1ccc(Cl)cc1)CC(O)COc1ccccc1. The number of aliphatic hydroxyl groups is 1. The fourth-order valence-corrected chi connectivity index (χ4v) is 3.13. The molecule has 0 saturated carbocycles. The van der Waals surface area contributed by atoms with Crippen molar-refractivity contribution in [2.45, 2.75) is 11.9 Å². The Kier molecular flexibility index (Phi) is 6.23. The summed E-state index contributed by atoms with van der Waals surface area (Å²) in [5, 5.41) is 10.5. The summed E-state index contributed by atoms with van der Waals surface area (Å²) >= 11 is 5.80. The average molecular weight is 325 g/mol. The molecule has 0 fully saturated rings. The van der Waals surface area contributed by atoms with Crippen LogP contribution in [0.15, 0.2) is 54.6 Å². The van der Waals surface area contributed by atoms with Gasteiger partial charge in [-0.05, 0) is 29.8 Å². The highest BCUT2D eigenvalue weighted by atomic mass is 35.5. The van der Waals surface area contributed by atoms with Crippen molar-refractivity contribution in [2.75, 3.05) is 12.4 Å². The van der Waals surface area contributed by atoms with Gasteiger partial charge in [0.15, 0.2) is 0 Å². The van der Waals surface area contributed by atoms with E-state index in [9.17, 15) is 9.32 Å². The van der Waals surface area contributed by atoms with Gasteiger partial charge in [-0.3, -0.25) is 4.21 Å². The minimum atomic E-state index is -1.14. The number of ether oxygens (including phenoxy) is 1. The molecule has 21 heavy (non-hydrogen) atoms. The van der Waals surface area contributed by atoms with Gasteiger partial charge in [0.05, 0.1) is 11.9 Å². The molecule has 1 N–H and O–H groups in total. The molecule has 2 unspecified atom stereocenters. The van der Waals surface area contributed by atoms with E-state index in [4.69, 9.17) is 16.3 Å². The second kappa shape index (κ2) is 8.17. The maximum atomic E-state index is 12.0. The van der Waals surface area contributed by atoms with Gasteiger partial charge in [-0.1, -0.05) is 41.9 Å². The minimum absolute atomic E-state index is 0.135. The Balaban J connectivity index is 1.75. The van der Waals surface area contributed by atoms with Crippen LogP contribution in [0, 0.1) is 0 Å². The van der Waals surface area contributed by atoms with Crippen molar-refractivity contribution in [3.63, 3.8) is 0 Å². The van der Waals surface area contributed by atoms with E-state index >= 15 is 0 Å². The Hall–Kier alpha value is -1.36. The number of benzene rings is 2. The molecule has 0 saturated heterocycles. The third-order valence-electron chi connectivity index (χ3n) is 2.80. The lowest BCUT2D eigenvalue weighted by Crippen LogP contribution is -2.24. The van der Waals surface area contributed by atoms with Crippen molar-refractivity contribution < 1.29 is 14.1 Å². The summed E-state index contributed by atoms with van der Waals surface area (Å²) in [6, 6.07) is 16.5. The van der Waals surface area contributed by atoms with Crippen LogP contribution in [0.2, 0.25) is 5.02 Å². The second-order valence-corrected chi connectivity index (χ2v) is 6.59. The van der Waals surface area contributed by atoms with Crippen molar-refractivity contribution in [3.05, 3.63) is 65.2 Å². The van der Waals surface area contributed by atoms with Crippen LogP contribution < -0.4 is 4.74 Å². The topological polar surface area (TPSA) is 46.5 Å². The van der Waals surface area contributed by atoms with E-state index in [-0.39, 0.29) is 12.4 Å². The van der Waals surface area contributed by atoms with Gasteiger partial charge in [-0.15, -0.1) is 0 Å². The molecule has 0 aromatic heterocycles. The zero-order valence-electron chi connectivity index (χ0n) is 11.4. The highest BCUT2D eigenvalue weighted by molar-refractivity contribution is 7.84. The minimum Gasteiger partial charge on any atom is -0.491 e. The molecule has 0 heterocycles. The third-order valence-corrected chi connectivity index (χ3v) is 4.47. The number of hydrogen-bond acceptors (Lipinski definition) is 3. The number of para-hydroxylation sites is 1. The molecule has 112 valence electrons. The van der Waals surface area contributed by atoms with Gasteiger partial charge in [0.25, 0.3) is 0 Å². The molecule has 0 aliphatic carbocycles. The van der Waals surface area contributed by atoms with Gasteiger partial charge in [-0.25, -0.2) is 0 Å². The number of rotatable bonds is 7. The fourth-order valence-electron chi connectivity index (χ4n) is 1.80. The number of halogens is 1. The lowest BCUT2D eigenvalue weighted by Gasteiger charge is -2.12. The number of aliphatic hydroxyl groups excluding tert-OH is 1. The molecule has 0 bridgehead atoms. The smallest absolute Gasteiger partial charge is 0.119 e. The Morgan fingerprint density at radius 2 is 1.76 bits per heavy atom. The zero-order chi connectivity index (χ0) is 15.1. The fraction of sp³-hybridized carbons (Fsp3) is 0.250. The van der Waals surface area contributed by atoms with Crippen LogP contribution >= 0.6 is 11.6 Å². The summed E-state index contributed by atoms with van der Waals surface area (Å²) in [4.78, 5) is 0. The van der Waals surface area contributed by atoms with Crippen LogP contribution in [-0.4, -0.2) is 27.8 Å². The van der Waals surface area contributed by atoms with Gasteiger partial charge < -0.3 is 9.84 Å². The van der Waals surface area contributed by atoms with Crippen molar-refractivity contribution in [1.82, 2.24) is 0 Å². The van der Waals surface area contributed by atoms with E-state index in [0.29, 0.717) is 16.5 Å². The molecule has 0 aliphatic rings. The summed E-state index contributed by atoms with van der Waals surface area (Å²) in [6.45, 7) is 0.135. The highest BCUT2D eigenvalue weighted by Crippen LogP contribution is 2.12. The van der Waals surface area contributed by atoms with E-state index in [1.54, 1.807) is 12.1 Å². The van der Waals surface area contributed by atoms with E-state index < -0.39 is 16.9 Å². The van der Waals surface area contributed by atoms with Gasteiger partial charge >= 0.3 is 0 Å². The van der Waals surface area contributed by atoms with Crippen LogP contribution in [0.1, 0.15) is 5.56 Å². The van der Waals surface area contributed by atoms with E-state index in [1.165, 1.54) is 0 Å². The molecule has 0 radical (unpaired) electrons. The molecular formula is C16H17ClO3S. The number of hydrogen-bond donors (Lipinski definition) is 1. The third kappa shape index (κ3) is 5.87. The Morgan fingerprint density at radius 1 is 1.10 bits per heavy atom. The largest absolute Gasteiger partial charge is 0.491 e. The first-order valence-corrected chi connectivity index (χ1v) is 8.45. The monoisotopic (exact) mass is 324 g/mol.